The van der Waals surface area contributed by atoms with E-state index in [0.717, 1.165) is 30.7 Å². The van der Waals surface area contributed by atoms with Crippen molar-refractivity contribution in [2.45, 2.75) is 6.42 Å². The van der Waals surface area contributed by atoms with E-state index >= 15 is 0 Å². The first-order valence-corrected chi connectivity index (χ1v) is 6.30. The number of halogens is 1. The van der Waals surface area contributed by atoms with Gasteiger partial charge in [-0.25, -0.2) is 4.79 Å². The van der Waals surface area contributed by atoms with Gasteiger partial charge in [-0.2, -0.15) is 0 Å². The van der Waals surface area contributed by atoms with Crippen molar-refractivity contribution in [2.24, 2.45) is 5.92 Å². The number of aromatic carboxylic acids is 1. The Hall–Kier alpha value is -1.07. The number of rotatable bonds is 4. The van der Waals surface area contributed by atoms with Crippen molar-refractivity contribution in [1.29, 1.82) is 0 Å². The van der Waals surface area contributed by atoms with Crippen LogP contribution in [0.15, 0.2) is 22.7 Å². The molecule has 0 aromatic heterocycles. The number of hydrogen-bond donors (Lipinski definition) is 2. The molecule has 1 fully saturated rings. The van der Waals surface area contributed by atoms with Gasteiger partial charge in [0.15, 0.2) is 0 Å². The molecule has 1 atom stereocenters. The van der Waals surface area contributed by atoms with Gasteiger partial charge in [0, 0.05) is 29.2 Å². The summed E-state index contributed by atoms with van der Waals surface area (Å²) < 4.78 is 6.15. The molecule has 0 radical (unpaired) electrons. The van der Waals surface area contributed by atoms with Gasteiger partial charge < -0.3 is 15.2 Å². The maximum atomic E-state index is 11.0. The smallest absolute Gasteiger partial charge is 0.337 e. The summed E-state index contributed by atoms with van der Waals surface area (Å²) >= 11 is 3.34. The number of ether oxygens (including phenoxy) is 1. The molecule has 1 aromatic carbocycles. The Balaban J connectivity index is 2.07. The van der Waals surface area contributed by atoms with Gasteiger partial charge in [-0.05, 0) is 24.6 Å². The van der Waals surface area contributed by atoms with Gasteiger partial charge in [0.05, 0.1) is 12.2 Å². The van der Waals surface area contributed by atoms with Gasteiger partial charge in [0.25, 0.3) is 0 Å². The molecule has 4 nitrogen and oxygen atoms in total. The summed E-state index contributed by atoms with van der Waals surface area (Å²) in [5.74, 6) is -0.446. The Morgan fingerprint density at radius 2 is 2.41 bits per heavy atom. The number of nitrogens with one attached hydrogen (secondary N) is 1. The lowest BCUT2D eigenvalue weighted by Gasteiger charge is -2.13. The van der Waals surface area contributed by atoms with E-state index < -0.39 is 5.97 Å². The topological polar surface area (TPSA) is 58.6 Å². The van der Waals surface area contributed by atoms with E-state index in [1.807, 2.05) is 0 Å². The minimum absolute atomic E-state index is 0.298. The second kappa shape index (κ2) is 5.51. The Morgan fingerprint density at radius 3 is 3.06 bits per heavy atom. The summed E-state index contributed by atoms with van der Waals surface area (Å²) in [6, 6.07) is 5.12. The Kier molecular flexibility index (Phi) is 4.02. The quantitative estimate of drug-likeness (QED) is 0.897. The minimum Gasteiger partial charge on any atom is -0.478 e. The van der Waals surface area contributed by atoms with Crippen molar-refractivity contribution in [1.82, 2.24) is 0 Å². The largest absolute Gasteiger partial charge is 0.478 e. The van der Waals surface area contributed by atoms with Gasteiger partial charge in [-0.15, -0.1) is 0 Å². The summed E-state index contributed by atoms with van der Waals surface area (Å²) in [6.45, 7) is 2.30. The van der Waals surface area contributed by atoms with Crippen LogP contribution in [0.4, 0.5) is 5.69 Å². The highest BCUT2D eigenvalue weighted by molar-refractivity contribution is 9.10. The van der Waals surface area contributed by atoms with Crippen LogP contribution in [-0.4, -0.2) is 30.8 Å². The zero-order chi connectivity index (χ0) is 12.3. The molecule has 0 saturated carbocycles. The van der Waals surface area contributed by atoms with Crippen LogP contribution in [0.2, 0.25) is 0 Å². The molecule has 5 heteroatoms. The van der Waals surface area contributed by atoms with Gasteiger partial charge in [-0.3, -0.25) is 0 Å². The fourth-order valence-corrected chi connectivity index (χ4v) is 2.21. The first kappa shape index (κ1) is 12.4. The average molecular weight is 300 g/mol. The molecule has 2 rings (SSSR count). The number of benzene rings is 1. The van der Waals surface area contributed by atoms with Crippen LogP contribution in [-0.2, 0) is 4.74 Å². The van der Waals surface area contributed by atoms with E-state index in [1.54, 1.807) is 18.2 Å². The lowest BCUT2D eigenvalue weighted by Crippen LogP contribution is -2.16. The predicted molar refractivity (Wildman–Crippen MR) is 68.5 cm³/mol. The summed E-state index contributed by atoms with van der Waals surface area (Å²) in [5.41, 5.74) is 0.950. The van der Waals surface area contributed by atoms with Crippen LogP contribution in [0, 0.1) is 5.92 Å². The molecule has 0 spiro atoms. The number of hydrogen-bond acceptors (Lipinski definition) is 3. The highest BCUT2D eigenvalue weighted by atomic mass is 79.9. The molecule has 1 aliphatic heterocycles. The SMILES string of the molecule is O=C(O)c1ccc(Br)cc1NCC1CCOC1. The molecule has 1 saturated heterocycles. The number of anilines is 1. The third-order valence-electron chi connectivity index (χ3n) is 2.82. The molecule has 17 heavy (non-hydrogen) atoms. The van der Waals surface area contributed by atoms with Gasteiger partial charge in [0.1, 0.15) is 0 Å². The van der Waals surface area contributed by atoms with Crippen molar-refractivity contribution in [3.63, 3.8) is 0 Å². The fraction of sp³-hybridized carbons (Fsp3) is 0.417. The standard InChI is InChI=1S/C12H14BrNO3/c13-9-1-2-10(12(15)16)11(5-9)14-6-8-3-4-17-7-8/h1-2,5,8,14H,3-4,6-7H2,(H,15,16). The monoisotopic (exact) mass is 299 g/mol. The maximum absolute atomic E-state index is 11.0. The third kappa shape index (κ3) is 3.20. The van der Waals surface area contributed by atoms with E-state index in [0.29, 0.717) is 17.2 Å². The van der Waals surface area contributed by atoms with Crippen molar-refractivity contribution >= 4 is 27.6 Å². The fourth-order valence-electron chi connectivity index (χ4n) is 1.85. The van der Waals surface area contributed by atoms with Crippen LogP contribution in [0.3, 0.4) is 0 Å². The van der Waals surface area contributed by atoms with Crippen molar-refractivity contribution in [2.75, 3.05) is 25.1 Å². The van der Waals surface area contributed by atoms with Crippen LogP contribution in [0.1, 0.15) is 16.8 Å². The second-order valence-electron chi connectivity index (χ2n) is 4.11. The molecule has 1 aromatic rings. The summed E-state index contributed by atoms with van der Waals surface area (Å²) in [7, 11) is 0. The van der Waals surface area contributed by atoms with Crippen LogP contribution >= 0.6 is 15.9 Å². The number of carboxylic acids is 1. The van der Waals surface area contributed by atoms with Crippen LogP contribution in [0.25, 0.3) is 0 Å². The first-order valence-electron chi connectivity index (χ1n) is 5.51. The summed E-state index contributed by atoms with van der Waals surface area (Å²) in [4.78, 5) is 11.0. The summed E-state index contributed by atoms with van der Waals surface area (Å²) in [5, 5.41) is 12.3. The van der Waals surface area contributed by atoms with Gasteiger partial charge >= 0.3 is 5.97 Å². The van der Waals surface area contributed by atoms with E-state index in [1.165, 1.54) is 0 Å². The lowest BCUT2D eigenvalue weighted by atomic mass is 10.1. The van der Waals surface area contributed by atoms with Gasteiger partial charge in [0.2, 0.25) is 0 Å². The zero-order valence-corrected chi connectivity index (χ0v) is 10.9. The van der Waals surface area contributed by atoms with Crippen molar-refractivity contribution < 1.29 is 14.6 Å². The average Bonchev–Trinajstić information content (AvgIpc) is 2.78. The maximum Gasteiger partial charge on any atom is 0.337 e. The predicted octanol–water partition coefficient (Wildman–Crippen LogP) is 2.60. The summed E-state index contributed by atoms with van der Waals surface area (Å²) in [6.07, 6.45) is 1.03. The van der Waals surface area contributed by atoms with E-state index in [4.69, 9.17) is 9.84 Å². The molecular formula is C12H14BrNO3. The Labute approximate surface area is 108 Å². The Morgan fingerprint density at radius 1 is 1.59 bits per heavy atom. The Bertz CT molecular complexity index is 416. The number of carbonyl (C=O) groups is 1. The van der Waals surface area contributed by atoms with Crippen LogP contribution in [0.5, 0.6) is 0 Å². The molecule has 0 aliphatic carbocycles. The molecule has 92 valence electrons. The normalized spacial score (nSPS) is 19.2. The number of carboxylic acid groups (broad SMARTS) is 1. The van der Waals surface area contributed by atoms with Crippen molar-refractivity contribution in [3.8, 4) is 0 Å². The van der Waals surface area contributed by atoms with Crippen molar-refractivity contribution in [3.05, 3.63) is 28.2 Å². The molecular weight excluding hydrogens is 286 g/mol. The zero-order valence-electron chi connectivity index (χ0n) is 9.28. The highest BCUT2D eigenvalue weighted by Gasteiger charge is 2.17. The van der Waals surface area contributed by atoms with Gasteiger partial charge in [-0.1, -0.05) is 15.9 Å². The molecule has 2 N–H and O–H groups in total. The van der Waals surface area contributed by atoms with E-state index in [2.05, 4.69) is 21.2 Å². The third-order valence-corrected chi connectivity index (χ3v) is 3.31. The van der Waals surface area contributed by atoms with E-state index in [9.17, 15) is 4.79 Å². The first-order chi connectivity index (χ1) is 8.16. The molecule has 1 unspecified atom stereocenters. The van der Waals surface area contributed by atoms with E-state index in [-0.39, 0.29) is 0 Å². The molecule has 0 bridgehead atoms. The minimum atomic E-state index is -0.914. The molecule has 1 aliphatic rings. The van der Waals surface area contributed by atoms with Crippen LogP contribution < -0.4 is 5.32 Å². The lowest BCUT2D eigenvalue weighted by molar-refractivity contribution is 0.0698. The highest BCUT2D eigenvalue weighted by Crippen LogP contribution is 2.22. The molecule has 0 amide bonds. The molecule has 1 heterocycles. The second-order valence-corrected chi connectivity index (χ2v) is 5.02.